The second-order valence-corrected chi connectivity index (χ2v) is 15.5. The van der Waals surface area contributed by atoms with Crippen LogP contribution < -0.4 is 10.6 Å². The molecule has 25 atom stereocenters. The Hall–Kier alpha value is -2.02. The van der Waals surface area contributed by atoms with Crippen LogP contribution in [0.2, 0.25) is 0 Å². The summed E-state index contributed by atoms with van der Waals surface area (Å²) in [5.74, 6) is -1.51. The molecule has 0 bridgehead atoms. The summed E-state index contributed by atoms with van der Waals surface area (Å²) in [6.45, 7) is -2.10. The highest BCUT2D eigenvalue weighted by molar-refractivity contribution is 5.73. The van der Waals surface area contributed by atoms with Crippen molar-refractivity contribution in [2.75, 3.05) is 33.0 Å². The predicted octanol–water partition coefficient (Wildman–Crippen LogP) is -11.6. The molecule has 2 amide bonds. The van der Waals surface area contributed by atoms with E-state index in [1.807, 2.05) is 0 Å². The Morgan fingerprint density at radius 1 is 0.419 bits per heavy atom. The zero-order valence-corrected chi connectivity index (χ0v) is 33.2. The first-order valence-electron chi connectivity index (χ1n) is 19.6. The molecule has 28 heteroatoms. The molecule has 5 saturated heterocycles. The SMILES string of the molecule is CC(=O)N[C@H]1[C@H](OC[C@H]2O[C@@H](O)[C@@H](O[C@@H]3O[C@H](CO)[C@@H](O[C@@H]4O[C@H](CO)[C@H](O)[C@H](O)[C@H]4O)[C@H](O)[C@H]3NC(C)=O)[C@@H](O)[C@@H]2O)O[C@H](CO)[C@@H](O[C@@H]2O[C@H](CO)[C@H](O)[C@H](O)[C@H]2O)[C@@H]1O. The third-order valence-electron chi connectivity index (χ3n) is 11.1. The molecule has 0 spiro atoms. The van der Waals surface area contributed by atoms with Crippen molar-refractivity contribution in [1.82, 2.24) is 10.6 Å². The molecule has 5 aliphatic rings. The zero-order chi connectivity index (χ0) is 45.9. The van der Waals surface area contributed by atoms with Gasteiger partial charge in [-0.05, 0) is 0 Å². The number of amides is 2. The third kappa shape index (κ3) is 11.0. The van der Waals surface area contributed by atoms with Gasteiger partial charge in [0, 0.05) is 13.8 Å². The monoisotopic (exact) mass is 910 g/mol. The third-order valence-corrected chi connectivity index (χ3v) is 11.1. The fraction of sp³-hybridized carbons (Fsp3) is 0.941. The molecule has 0 aliphatic carbocycles. The quantitative estimate of drug-likeness (QED) is 0.0725. The van der Waals surface area contributed by atoms with Crippen LogP contribution in [0.3, 0.4) is 0 Å². The molecular weight excluding hydrogens is 852 g/mol. The Kier molecular flexibility index (Phi) is 18.1. The first kappa shape index (κ1) is 51.0. The lowest BCUT2D eigenvalue weighted by Gasteiger charge is -2.49. The smallest absolute Gasteiger partial charge is 0.217 e. The molecule has 5 heterocycles. The van der Waals surface area contributed by atoms with Crippen LogP contribution in [0.15, 0.2) is 0 Å². The number of ether oxygens (including phenoxy) is 9. The Balaban J connectivity index is 1.25. The van der Waals surface area contributed by atoms with Crippen LogP contribution in [0, 0.1) is 0 Å². The van der Waals surface area contributed by atoms with Crippen LogP contribution in [0.25, 0.3) is 0 Å². The van der Waals surface area contributed by atoms with Crippen molar-refractivity contribution in [1.29, 1.82) is 0 Å². The largest absolute Gasteiger partial charge is 0.394 e. The van der Waals surface area contributed by atoms with Crippen LogP contribution in [0.4, 0.5) is 0 Å². The number of rotatable bonds is 15. The second kappa shape index (κ2) is 22.0. The van der Waals surface area contributed by atoms with Gasteiger partial charge in [0.2, 0.25) is 11.8 Å². The van der Waals surface area contributed by atoms with E-state index in [2.05, 4.69) is 10.6 Å². The molecule has 0 aromatic carbocycles. The molecular formula is C34H58N2O26. The van der Waals surface area contributed by atoms with Gasteiger partial charge in [-0.1, -0.05) is 0 Å². The highest BCUT2D eigenvalue weighted by Gasteiger charge is 2.55. The fourth-order valence-electron chi connectivity index (χ4n) is 7.72. The van der Waals surface area contributed by atoms with E-state index in [-0.39, 0.29) is 0 Å². The average molecular weight is 911 g/mol. The van der Waals surface area contributed by atoms with Crippen LogP contribution in [-0.4, -0.2) is 275 Å². The summed E-state index contributed by atoms with van der Waals surface area (Å²) in [6, 6.07) is -3.18. The van der Waals surface area contributed by atoms with E-state index < -0.39 is 198 Å². The van der Waals surface area contributed by atoms with Gasteiger partial charge in [-0.2, -0.15) is 0 Å². The number of aliphatic hydroxyl groups excluding tert-OH is 15. The molecule has 0 aromatic rings. The maximum Gasteiger partial charge on any atom is 0.217 e. The normalized spacial score (nSPS) is 49.0. The van der Waals surface area contributed by atoms with Crippen LogP contribution in [-0.2, 0) is 52.2 Å². The van der Waals surface area contributed by atoms with Gasteiger partial charge in [0.15, 0.2) is 31.5 Å². The molecule has 28 nitrogen and oxygen atoms in total. The molecule has 17 N–H and O–H groups in total. The zero-order valence-electron chi connectivity index (χ0n) is 33.2. The average Bonchev–Trinajstić information content (AvgIpc) is 3.23. The van der Waals surface area contributed by atoms with Crippen molar-refractivity contribution in [3.63, 3.8) is 0 Å². The van der Waals surface area contributed by atoms with Crippen molar-refractivity contribution in [2.24, 2.45) is 0 Å². The van der Waals surface area contributed by atoms with E-state index in [0.717, 1.165) is 13.8 Å². The Morgan fingerprint density at radius 3 is 1.21 bits per heavy atom. The summed E-state index contributed by atoms with van der Waals surface area (Å²) >= 11 is 0. The molecule has 0 radical (unpaired) electrons. The summed E-state index contributed by atoms with van der Waals surface area (Å²) in [5, 5.41) is 162. The van der Waals surface area contributed by atoms with Crippen LogP contribution in [0.1, 0.15) is 13.8 Å². The minimum atomic E-state index is -2.14. The van der Waals surface area contributed by atoms with E-state index in [4.69, 9.17) is 42.6 Å². The minimum absolute atomic E-state index is 0.733. The second-order valence-electron chi connectivity index (χ2n) is 15.5. The number of aliphatic hydroxyl groups is 15. The fourth-order valence-corrected chi connectivity index (χ4v) is 7.72. The summed E-state index contributed by atoms with van der Waals surface area (Å²) in [6.07, 6.45) is -40.9. The van der Waals surface area contributed by atoms with Crippen molar-refractivity contribution < 1.29 is 129 Å². The predicted molar refractivity (Wildman–Crippen MR) is 190 cm³/mol. The number of nitrogens with one attached hydrogen (secondary N) is 2. The number of hydrogen-bond donors (Lipinski definition) is 17. The van der Waals surface area contributed by atoms with Crippen molar-refractivity contribution in [3.05, 3.63) is 0 Å². The van der Waals surface area contributed by atoms with E-state index in [1.54, 1.807) is 0 Å². The molecule has 0 unspecified atom stereocenters. The number of hydrogen-bond acceptors (Lipinski definition) is 26. The topological polar surface area (TPSA) is 445 Å². The molecule has 5 aliphatic heterocycles. The lowest BCUT2D eigenvalue weighted by molar-refractivity contribution is -0.372. The van der Waals surface area contributed by atoms with Crippen LogP contribution >= 0.6 is 0 Å². The van der Waals surface area contributed by atoms with E-state index in [1.165, 1.54) is 0 Å². The minimum Gasteiger partial charge on any atom is -0.394 e. The lowest BCUT2D eigenvalue weighted by Crippen LogP contribution is -2.69. The first-order valence-corrected chi connectivity index (χ1v) is 19.6. The van der Waals surface area contributed by atoms with Gasteiger partial charge in [-0.3, -0.25) is 9.59 Å². The first-order chi connectivity index (χ1) is 29.3. The van der Waals surface area contributed by atoms with E-state index >= 15 is 0 Å². The Labute approximate surface area is 351 Å². The van der Waals surface area contributed by atoms with Crippen molar-refractivity contribution >= 4 is 11.8 Å². The molecule has 62 heavy (non-hydrogen) atoms. The number of carbonyl (C=O) groups is 2. The Morgan fingerprint density at radius 2 is 0.790 bits per heavy atom. The van der Waals surface area contributed by atoms with Gasteiger partial charge in [-0.15, -0.1) is 0 Å². The van der Waals surface area contributed by atoms with Gasteiger partial charge < -0.3 is 130 Å². The number of carbonyl (C=O) groups excluding carboxylic acids is 2. The highest BCUT2D eigenvalue weighted by atomic mass is 16.8. The van der Waals surface area contributed by atoms with Gasteiger partial charge in [0.25, 0.3) is 0 Å². The summed E-state index contributed by atoms with van der Waals surface area (Å²) < 4.78 is 50.3. The molecule has 0 aromatic heterocycles. The molecule has 360 valence electrons. The van der Waals surface area contributed by atoms with Gasteiger partial charge in [0.05, 0.1) is 33.0 Å². The summed E-state index contributed by atoms with van der Waals surface area (Å²) in [7, 11) is 0. The van der Waals surface area contributed by atoms with Gasteiger partial charge >= 0.3 is 0 Å². The van der Waals surface area contributed by atoms with E-state index in [9.17, 15) is 86.2 Å². The maximum absolute atomic E-state index is 12.2. The summed E-state index contributed by atoms with van der Waals surface area (Å²) in [4.78, 5) is 24.4. The van der Waals surface area contributed by atoms with Crippen molar-refractivity contribution in [2.45, 2.75) is 167 Å². The molecule has 0 saturated carbocycles. The van der Waals surface area contributed by atoms with Crippen molar-refractivity contribution in [3.8, 4) is 0 Å². The maximum atomic E-state index is 12.2. The molecule has 5 rings (SSSR count). The standard InChI is InChI=1S/C34H58N2O26/c1-8(41)35-15-20(46)27(60-33-25(51)22(48)17(43)10(3-37)56-33)12(5-39)58-31(15)54-7-14-19(45)24(50)29(30(53)55-14)62-32-16(36-9(2)42)21(47)28(13(6-40)59-32)61-34-26(52)23(49)18(44)11(4-38)57-34/h10-34,37-40,43-53H,3-7H2,1-2H3,(H,35,41)(H,36,42)/t10-,11-,12-,13-,14-,15-,16-,17+,18+,19-,20-,21-,22+,23+,24+,25-,26-,27-,28-,29+,30-,31-,32+,33+,34+/m1/s1. The Bertz CT molecular complexity index is 1440. The van der Waals surface area contributed by atoms with Crippen LogP contribution in [0.5, 0.6) is 0 Å². The lowest BCUT2D eigenvalue weighted by atomic mass is 9.94. The van der Waals surface area contributed by atoms with Gasteiger partial charge in [0.1, 0.15) is 122 Å². The van der Waals surface area contributed by atoms with Gasteiger partial charge in [-0.25, -0.2) is 0 Å². The molecule has 5 fully saturated rings. The van der Waals surface area contributed by atoms with E-state index in [0.29, 0.717) is 0 Å². The highest BCUT2D eigenvalue weighted by Crippen LogP contribution is 2.34. The summed E-state index contributed by atoms with van der Waals surface area (Å²) in [5.41, 5.74) is 0.